The van der Waals surface area contributed by atoms with Gasteiger partial charge in [-0.15, -0.1) is 0 Å². The first-order valence-electron chi connectivity index (χ1n) is 9.63. The van der Waals surface area contributed by atoms with Crippen molar-refractivity contribution in [2.75, 3.05) is 6.61 Å². The molecule has 1 N–H and O–H groups in total. The zero-order chi connectivity index (χ0) is 22.3. The molecule has 5 nitrogen and oxygen atoms in total. The number of halogens is 3. The molecule has 0 spiro atoms. The van der Waals surface area contributed by atoms with Gasteiger partial charge in [-0.05, 0) is 56.2 Å². The Morgan fingerprint density at radius 3 is 2.40 bits per heavy atom. The number of ether oxygens (including phenoxy) is 1. The van der Waals surface area contributed by atoms with Crippen molar-refractivity contribution in [1.29, 1.82) is 0 Å². The second kappa shape index (κ2) is 11.6. The molecule has 0 aliphatic carbocycles. The SMILES string of the molecule is CC[C@@H](C)NC(=O)[C@@H](C)N(Cc1ccc(Br)cc1)C(=O)COc1ccc(Cl)cc1Cl. The van der Waals surface area contributed by atoms with Crippen molar-refractivity contribution in [1.82, 2.24) is 10.2 Å². The van der Waals surface area contributed by atoms with Gasteiger partial charge >= 0.3 is 0 Å². The fraction of sp³-hybridized carbons (Fsp3) is 0.364. The Morgan fingerprint density at radius 2 is 1.80 bits per heavy atom. The Morgan fingerprint density at radius 1 is 1.13 bits per heavy atom. The van der Waals surface area contributed by atoms with Gasteiger partial charge in [0.2, 0.25) is 5.91 Å². The molecule has 0 aromatic heterocycles. The molecule has 0 saturated carbocycles. The highest BCUT2D eigenvalue weighted by Crippen LogP contribution is 2.27. The molecular weight excluding hydrogens is 491 g/mol. The van der Waals surface area contributed by atoms with Crippen LogP contribution in [0.4, 0.5) is 0 Å². The van der Waals surface area contributed by atoms with Gasteiger partial charge in [0.25, 0.3) is 5.91 Å². The number of amides is 2. The monoisotopic (exact) mass is 514 g/mol. The fourth-order valence-electron chi connectivity index (χ4n) is 2.65. The molecule has 0 heterocycles. The molecule has 0 radical (unpaired) electrons. The normalized spacial score (nSPS) is 12.7. The van der Waals surface area contributed by atoms with Crippen LogP contribution in [0, 0.1) is 0 Å². The molecule has 2 rings (SSSR count). The maximum absolute atomic E-state index is 13.0. The van der Waals surface area contributed by atoms with Crippen LogP contribution in [0.5, 0.6) is 5.75 Å². The van der Waals surface area contributed by atoms with E-state index in [9.17, 15) is 9.59 Å². The van der Waals surface area contributed by atoms with Crippen LogP contribution >= 0.6 is 39.1 Å². The molecule has 162 valence electrons. The van der Waals surface area contributed by atoms with Gasteiger partial charge in [-0.3, -0.25) is 9.59 Å². The molecule has 0 fully saturated rings. The molecule has 0 aliphatic heterocycles. The lowest BCUT2D eigenvalue weighted by molar-refractivity contribution is -0.142. The molecular formula is C22H25BrCl2N2O3. The lowest BCUT2D eigenvalue weighted by atomic mass is 10.1. The average molecular weight is 516 g/mol. The summed E-state index contributed by atoms with van der Waals surface area (Å²) in [5.74, 6) is -0.176. The van der Waals surface area contributed by atoms with Gasteiger partial charge in [-0.25, -0.2) is 0 Å². The minimum Gasteiger partial charge on any atom is -0.482 e. The molecule has 2 aromatic rings. The minimum absolute atomic E-state index is 0.0220. The third-order valence-electron chi connectivity index (χ3n) is 4.68. The third kappa shape index (κ3) is 7.18. The largest absolute Gasteiger partial charge is 0.482 e. The van der Waals surface area contributed by atoms with Crippen LogP contribution in [0.15, 0.2) is 46.9 Å². The van der Waals surface area contributed by atoms with Crippen LogP contribution in [0.2, 0.25) is 10.0 Å². The van der Waals surface area contributed by atoms with E-state index in [1.165, 1.54) is 4.90 Å². The Balaban J connectivity index is 2.16. The van der Waals surface area contributed by atoms with Gasteiger partial charge in [0.05, 0.1) is 5.02 Å². The van der Waals surface area contributed by atoms with Gasteiger partial charge in [-0.2, -0.15) is 0 Å². The molecule has 2 aromatic carbocycles. The Labute approximate surface area is 195 Å². The predicted octanol–water partition coefficient (Wildman–Crippen LogP) is 5.47. The first kappa shape index (κ1) is 24.5. The number of nitrogens with zero attached hydrogens (tertiary/aromatic N) is 1. The van der Waals surface area contributed by atoms with Crippen molar-refractivity contribution in [3.05, 3.63) is 62.5 Å². The number of rotatable bonds is 9. The molecule has 2 amide bonds. The minimum atomic E-state index is -0.667. The van der Waals surface area contributed by atoms with Gasteiger partial charge in [0.1, 0.15) is 11.8 Å². The van der Waals surface area contributed by atoms with Crippen molar-refractivity contribution in [2.45, 2.75) is 45.8 Å². The van der Waals surface area contributed by atoms with E-state index in [1.54, 1.807) is 25.1 Å². The van der Waals surface area contributed by atoms with Crippen LogP contribution in [-0.4, -0.2) is 35.4 Å². The summed E-state index contributed by atoms with van der Waals surface area (Å²) in [5, 5.41) is 3.73. The van der Waals surface area contributed by atoms with Crippen molar-refractivity contribution in [2.24, 2.45) is 0 Å². The van der Waals surface area contributed by atoms with Crippen LogP contribution in [0.3, 0.4) is 0 Å². The Hall–Kier alpha value is -1.76. The van der Waals surface area contributed by atoms with Gasteiger partial charge < -0.3 is 15.0 Å². The number of nitrogens with one attached hydrogen (secondary N) is 1. The van der Waals surface area contributed by atoms with E-state index in [0.29, 0.717) is 15.8 Å². The molecule has 0 unspecified atom stereocenters. The zero-order valence-electron chi connectivity index (χ0n) is 17.1. The highest BCUT2D eigenvalue weighted by atomic mass is 79.9. The number of hydrogen-bond acceptors (Lipinski definition) is 3. The summed E-state index contributed by atoms with van der Waals surface area (Å²) in [5.41, 5.74) is 0.902. The second-order valence-electron chi connectivity index (χ2n) is 7.01. The van der Waals surface area contributed by atoms with E-state index in [4.69, 9.17) is 27.9 Å². The first-order chi connectivity index (χ1) is 14.2. The van der Waals surface area contributed by atoms with Gasteiger partial charge in [0, 0.05) is 22.1 Å². The van der Waals surface area contributed by atoms with E-state index in [2.05, 4.69) is 21.2 Å². The lowest BCUT2D eigenvalue weighted by Gasteiger charge is -2.29. The summed E-state index contributed by atoms with van der Waals surface area (Å²) in [7, 11) is 0. The number of carbonyl (C=O) groups is 2. The number of carbonyl (C=O) groups excluding carboxylic acids is 2. The van der Waals surface area contributed by atoms with Crippen molar-refractivity contribution >= 4 is 50.9 Å². The fourth-order valence-corrected chi connectivity index (χ4v) is 3.38. The topological polar surface area (TPSA) is 58.6 Å². The summed E-state index contributed by atoms with van der Waals surface area (Å²) in [6.07, 6.45) is 0.803. The van der Waals surface area contributed by atoms with Crippen molar-refractivity contribution in [3.8, 4) is 5.75 Å². The maximum Gasteiger partial charge on any atom is 0.261 e. The lowest BCUT2D eigenvalue weighted by Crippen LogP contribution is -2.50. The summed E-state index contributed by atoms with van der Waals surface area (Å²) in [4.78, 5) is 27.2. The second-order valence-corrected chi connectivity index (χ2v) is 8.76. The van der Waals surface area contributed by atoms with E-state index < -0.39 is 6.04 Å². The highest BCUT2D eigenvalue weighted by molar-refractivity contribution is 9.10. The zero-order valence-corrected chi connectivity index (χ0v) is 20.2. The summed E-state index contributed by atoms with van der Waals surface area (Å²) in [6.45, 7) is 5.66. The summed E-state index contributed by atoms with van der Waals surface area (Å²) >= 11 is 15.4. The number of benzene rings is 2. The van der Waals surface area contributed by atoms with E-state index in [0.717, 1.165) is 16.5 Å². The molecule has 0 saturated heterocycles. The van der Waals surface area contributed by atoms with Crippen LogP contribution < -0.4 is 10.1 Å². The van der Waals surface area contributed by atoms with Crippen LogP contribution in [0.1, 0.15) is 32.8 Å². The van der Waals surface area contributed by atoms with Crippen LogP contribution in [-0.2, 0) is 16.1 Å². The van der Waals surface area contributed by atoms with Gasteiger partial charge in [-0.1, -0.05) is 58.2 Å². The standard InChI is InChI=1S/C22H25BrCl2N2O3/c1-4-14(2)26-22(29)15(3)27(12-16-5-7-17(23)8-6-16)21(28)13-30-20-10-9-18(24)11-19(20)25/h5-11,14-15H,4,12-13H2,1-3H3,(H,26,29)/t14-,15-/m1/s1. The molecule has 2 atom stereocenters. The Bertz CT molecular complexity index is 877. The van der Waals surface area contributed by atoms with E-state index >= 15 is 0 Å². The van der Waals surface area contributed by atoms with Crippen LogP contribution in [0.25, 0.3) is 0 Å². The number of hydrogen-bond donors (Lipinski definition) is 1. The predicted molar refractivity (Wildman–Crippen MR) is 124 cm³/mol. The van der Waals surface area contributed by atoms with Gasteiger partial charge in [0.15, 0.2) is 6.61 Å². The summed E-state index contributed by atoms with van der Waals surface area (Å²) < 4.78 is 6.54. The van der Waals surface area contributed by atoms with Crippen molar-refractivity contribution in [3.63, 3.8) is 0 Å². The first-order valence-corrected chi connectivity index (χ1v) is 11.2. The third-order valence-corrected chi connectivity index (χ3v) is 5.74. The molecule has 8 heteroatoms. The average Bonchev–Trinajstić information content (AvgIpc) is 2.71. The smallest absolute Gasteiger partial charge is 0.261 e. The van der Waals surface area contributed by atoms with Crippen molar-refractivity contribution < 1.29 is 14.3 Å². The molecule has 0 aliphatic rings. The quantitative estimate of drug-likeness (QED) is 0.482. The molecule has 30 heavy (non-hydrogen) atoms. The van der Waals surface area contributed by atoms with E-state index in [-0.39, 0.29) is 31.0 Å². The maximum atomic E-state index is 13.0. The van der Waals surface area contributed by atoms with E-state index in [1.807, 2.05) is 38.1 Å². The molecule has 0 bridgehead atoms. The highest BCUT2D eigenvalue weighted by Gasteiger charge is 2.27. The Kier molecular flexibility index (Phi) is 9.46. The summed E-state index contributed by atoms with van der Waals surface area (Å²) in [6, 6.07) is 11.7.